The number of cyclic esters (lactones) is 1. The smallest absolute Gasteiger partial charge is 0.334 e. The molecule has 0 amide bonds. The molecule has 0 aliphatic carbocycles. The zero-order valence-electron chi connectivity index (χ0n) is 23.4. The van der Waals surface area contributed by atoms with Crippen LogP contribution < -0.4 is 28.4 Å². The molecule has 1 heterocycles. The van der Waals surface area contributed by atoms with Crippen molar-refractivity contribution in [3.63, 3.8) is 0 Å². The molecule has 0 spiro atoms. The molecule has 0 aromatic heterocycles. The average Bonchev–Trinajstić information content (AvgIpc) is 3.33. The Morgan fingerprint density at radius 1 is 0.829 bits per heavy atom. The monoisotopic (exact) mass is 565 g/mol. The lowest BCUT2D eigenvalue weighted by Crippen LogP contribution is -2.08. The zero-order valence-corrected chi connectivity index (χ0v) is 23.4. The Labute approximate surface area is 237 Å². The first kappa shape index (κ1) is 29.1. The minimum atomic E-state index is -0.459. The van der Waals surface area contributed by atoms with Crippen LogP contribution in [0.25, 0.3) is 6.08 Å². The summed E-state index contributed by atoms with van der Waals surface area (Å²) in [5, 5.41) is 10.9. The Hall–Kier alpha value is -4.93. The molecular weight excluding hydrogens is 534 g/mol. The van der Waals surface area contributed by atoms with Gasteiger partial charge in [0.2, 0.25) is 11.5 Å². The number of carbonyl (C=O) groups excluding carboxylic acids is 1. The van der Waals surface area contributed by atoms with Crippen molar-refractivity contribution < 1.29 is 42.9 Å². The number of ether oxygens (including phenoxy) is 7. The first-order valence-electron chi connectivity index (χ1n) is 12.6. The van der Waals surface area contributed by atoms with Gasteiger partial charge in [0, 0.05) is 23.6 Å². The maximum absolute atomic E-state index is 12.7. The second kappa shape index (κ2) is 12.9. The minimum absolute atomic E-state index is 0.00434. The molecule has 41 heavy (non-hydrogen) atoms. The molecule has 1 fully saturated rings. The molecule has 0 bridgehead atoms. The van der Waals surface area contributed by atoms with Gasteiger partial charge >= 0.3 is 5.97 Å². The fourth-order valence-corrected chi connectivity index (χ4v) is 4.57. The normalized spacial score (nSPS) is 15.3. The molecule has 0 saturated carbocycles. The third-order valence-corrected chi connectivity index (χ3v) is 6.63. The van der Waals surface area contributed by atoms with E-state index < -0.39 is 10.9 Å². The van der Waals surface area contributed by atoms with E-state index in [1.54, 1.807) is 51.7 Å². The SMILES string of the molecule is COc1cc(CC2COC(=O)/C2=C/c2cc(OC)c(OCc3ccc([N+](=O)[O-])cc3)c(OC)c2)cc(OC)c1OC. The van der Waals surface area contributed by atoms with E-state index in [1.165, 1.54) is 26.4 Å². The summed E-state index contributed by atoms with van der Waals surface area (Å²) in [5.41, 5.74) is 2.77. The first-order valence-corrected chi connectivity index (χ1v) is 12.6. The van der Waals surface area contributed by atoms with E-state index in [-0.39, 0.29) is 24.8 Å². The van der Waals surface area contributed by atoms with E-state index in [9.17, 15) is 14.9 Å². The van der Waals surface area contributed by atoms with Crippen LogP contribution in [0.2, 0.25) is 0 Å². The number of hydrogen-bond acceptors (Lipinski definition) is 10. The van der Waals surface area contributed by atoms with Gasteiger partial charge in [-0.1, -0.05) is 0 Å². The molecule has 0 N–H and O–H groups in total. The van der Waals surface area contributed by atoms with Gasteiger partial charge in [-0.3, -0.25) is 10.1 Å². The molecule has 1 unspecified atom stereocenters. The van der Waals surface area contributed by atoms with Crippen LogP contribution in [0.4, 0.5) is 5.69 Å². The number of esters is 1. The Balaban J connectivity index is 1.60. The van der Waals surface area contributed by atoms with E-state index >= 15 is 0 Å². The fourth-order valence-electron chi connectivity index (χ4n) is 4.57. The molecule has 1 aliphatic heterocycles. The highest BCUT2D eigenvalue weighted by molar-refractivity contribution is 5.96. The molecule has 11 heteroatoms. The molecule has 216 valence electrons. The number of nitro benzene ring substituents is 1. The highest BCUT2D eigenvalue weighted by atomic mass is 16.6. The molecule has 3 aromatic rings. The van der Waals surface area contributed by atoms with Crippen molar-refractivity contribution in [2.75, 3.05) is 42.2 Å². The van der Waals surface area contributed by atoms with Crippen LogP contribution in [0.15, 0.2) is 54.1 Å². The molecule has 0 radical (unpaired) electrons. The van der Waals surface area contributed by atoms with Gasteiger partial charge in [-0.15, -0.1) is 0 Å². The van der Waals surface area contributed by atoms with Gasteiger partial charge in [-0.05, 0) is 65.6 Å². The summed E-state index contributed by atoms with van der Waals surface area (Å²) in [6, 6.07) is 13.3. The quantitative estimate of drug-likeness (QED) is 0.128. The summed E-state index contributed by atoms with van der Waals surface area (Å²) >= 11 is 0. The minimum Gasteiger partial charge on any atom is -0.493 e. The van der Waals surface area contributed by atoms with E-state index in [4.69, 9.17) is 33.2 Å². The second-order valence-corrected chi connectivity index (χ2v) is 9.10. The summed E-state index contributed by atoms with van der Waals surface area (Å²) in [6.07, 6.45) is 2.25. The second-order valence-electron chi connectivity index (χ2n) is 9.10. The molecule has 4 rings (SSSR count). The van der Waals surface area contributed by atoms with E-state index in [0.29, 0.717) is 52.1 Å². The number of non-ortho nitro benzene ring substituents is 1. The number of benzene rings is 3. The summed E-state index contributed by atoms with van der Waals surface area (Å²) in [6.45, 7) is 0.361. The lowest BCUT2D eigenvalue weighted by molar-refractivity contribution is -0.384. The van der Waals surface area contributed by atoms with E-state index in [2.05, 4.69) is 0 Å². The number of nitro groups is 1. The van der Waals surface area contributed by atoms with Crippen LogP contribution in [-0.2, 0) is 22.6 Å². The standard InChI is InChI=1S/C30H31NO10/c1-35-24-12-19(13-25(36-2)28(24)39-5)10-21-17-41-30(32)23(21)11-20-14-26(37-3)29(27(15-20)38-4)40-16-18-6-8-22(9-7-18)31(33)34/h6-9,11-15,21H,10,16-17H2,1-5H3/b23-11+. The van der Waals surface area contributed by atoms with Crippen LogP contribution in [0.5, 0.6) is 34.5 Å². The van der Waals surface area contributed by atoms with Gasteiger partial charge in [0.25, 0.3) is 5.69 Å². The van der Waals surface area contributed by atoms with Gasteiger partial charge < -0.3 is 33.2 Å². The molecule has 1 atom stereocenters. The summed E-state index contributed by atoms with van der Waals surface area (Å²) in [7, 11) is 7.64. The lowest BCUT2D eigenvalue weighted by atomic mass is 9.92. The third-order valence-electron chi connectivity index (χ3n) is 6.63. The Morgan fingerprint density at radius 2 is 1.39 bits per heavy atom. The molecule has 1 saturated heterocycles. The highest BCUT2D eigenvalue weighted by Crippen LogP contribution is 2.42. The summed E-state index contributed by atoms with van der Waals surface area (Å²) in [4.78, 5) is 23.2. The van der Waals surface area contributed by atoms with Crippen molar-refractivity contribution in [1.82, 2.24) is 0 Å². The van der Waals surface area contributed by atoms with E-state index in [0.717, 1.165) is 11.1 Å². The lowest BCUT2D eigenvalue weighted by Gasteiger charge is -2.17. The van der Waals surface area contributed by atoms with Crippen molar-refractivity contribution in [3.8, 4) is 34.5 Å². The Bertz CT molecular complexity index is 1400. The van der Waals surface area contributed by atoms with Crippen molar-refractivity contribution in [3.05, 3.63) is 80.9 Å². The Morgan fingerprint density at radius 3 is 1.90 bits per heavy atom. The zero-order chi connectivity index (χ0) is 29.5. The fraction of sp³-hybridized carbons (Fsp3) is 0.300. The summed E-state index contributed by atoms with van der Waals surface area (Å²) < 4.78 is 38.9. The number of methoxy groups -OCH3 is 5. The van der Waals surface area contributed by atoms with Crippen LogP contribution in [0.3, 0.4) is 0 Å². The number of carbonyl (C=O) groups is 1. The van der Waals surface area contributed by atoms with Crippen molar-refractivity contribution in [1.29, 1.82) is 0 Å². The van der Waals surface area contributed by atoms with E-state index in [1.807, 2.05) is 12.1 Å². The highest BCUT2D eigenvalue weighted by Gasteiger charge is 2.31. The predicted molar refractivity (Wildman–Crippen MR) is 149 cm³/mol. The largest absolute Gasteiger partial charge is 0.493 e. The number of nitrogens with zero attached hydrogens (tertiary/aromatic N) is 1. The van der Waals surface area contributed by atoms with Gasteiger partial charge in [-0.2, -0.15) is 0 Å². The molecule has 11 nitrogen and oxygen atoms in total. The molecule has 3 aromatic carbocycles. The van der Waals surface area contributed by atoms with Crippen molar-refractivity contribution >= 4 is 17.7 Å². The van der Waals surface area contributed by atoms with Crippen molar-refractivity contribution in [2.45, 2.75) is 13.0 Å². The summed E-state index contributed by atoms with van der Waals surface area (Å²) in [5.74, 6) is 2.06. The van der Waals surface area contributed by atoms with Crippen LogP contribution >= 0.6 is 0 Å². The predicted octanol–water partition coefficient (Wildman–Crippen LogP) is 5.02. The molecular formula is C30H31NO10. The average molecular weight is 566 g/mol. The van der Waals surface area contributed by atoms with Gasteiger partial charge in [0.1, 0.15) is 6.61 Å². The first-order chi connectivity index (χ1) is 19.8. The van der Waals surface area contributed by atoms with Crippen molar-refractivity contribution in [2.24, 2.45) is 5.92 Å². The Kier molecular flexibility index (Phi) is 9.18. The third kappa shape index (κ3) is 6.46. The van der Waals surface area contributed by atoms with Crippen LogP contribution in [-0.4, -0.2) is 53.0 Å². The van der Waals surface area contributed by atoms with Gasteiger partial charge in [0.15, 0.2) is 23.0 Å². The van der Waals surface area contributed by atoms with Crippen LogP contribution in [0, 0.1) is 16.0 Å². The van der Waals surface area contributed by atoms with Gasteiger partial charge in [-0.25, -0.2) is 4.79 Å². The number of rotatable bonds is 12. The molecule has 1 aliphatic rings. The maximum Gasteiger partial charge on any atom is 0.334 e. The van der Waals surface area contributed by atoms with Gasteiger partial charge in [0.05, 0.1) is 47.1 Å². The maximum atomic E-state index is 12.7. The topological polar surface area (TPSA) is 125 Å². The van der Waals surface area contributed by atoms with Crippen LogP contribution in [0.1, 0.15) is 16.7 Å². The number of hydrogen-bond donors (Lipinski definition) is 0.